The van der Waals surface area contributed by atoms with Gasteiger partial charge in [-0.3, -0.25) is 4.79 Å². The Morgan fingerprint density at radius 3 is 2.47 bits per heavy atom. The molecule has 112 valence electrons. The molecule has 0 aromatic rings. The highest BCUT2D eigenvalue weighted by Crippen LogP contribution is 2.24. The summed E-state index contributed by atoms with van der Waals surface area (Å²) in [7, 11) is 0. The van der Waals surface area contributed by atoms with Gasteiger partial charge in [-0.05, 0) is 37.1 Å². The molecule has 1 aliphatic heterocycles. The second kappa shape index (κ2) is 7.88. The number of nitrogens with zero attached hydrogens (tertiary/aromatic N) is 1. The van der Waals surface area contributed by atoms with E-state index in [9.17, 15) is 4.79 Å². The van der Waals surface area contributed by atoms with Crippen LogP contribution in [0.2, 0.25) is 0 Å². The Kier molecular flexibility index (Phi) is 6.84. The minimum atomic E-state index is 0.337. The van der Waals surface area contributed by atoms with E-state index in [1.165, 1.54) is 6.42 Å². The van der Waals surface area contributed by atoms with Crippen LogP contribution in [0.15, 0.2) is 0 Å². The lowest BCUT2D eigenvalue weighted by Crippen LogP contribution is -2.52. The Hall–Kier alpha value is -0.570. The van der Waals surface area contributed by atoms with Crippen LogP contribution in [0.4, 0.5) is 0 Å². The van der Waals surface area contributed by atoms with Crippen LogP contribution >= 0.6 is 0 Å². The van der Waals surface area contributed by atoms with E-state index in [0.29, 0.717) is 36.1 Å². The lowest BCUT2D eigenvalue weighted by Gasteiger charge is -2.40. The fraction of sp³-hybridized carbons (Fsp3) is 0.938. The molecule has 1 saturated heterocycles. The van der Waals surface area contributed by atoms with E-state index in [1.807, 2.05) is 0 Å². The van der Waals surface area contributed by atoms with Crippen molar-refractivity contribution in [3.63, 3.8) is 0 Å². The summed E-state index contributed by atoms with van der Waals surface area (Å²) >= 11 is 0. The van der Waals surface area contributed by atoms with Gasteiger partial charge in [-0.2, -0.15) is 0 Å². The molecule has 2 atom stereocenters. The molecule has 1 amide bonds. The normalized spacial score (nSPS) is 24.3. The molecule has 0 saturated carbocycles. The maximum atomic E-state index is 12.1. The zero-order valence-electron chi connectivity index (χ0n) is 13.4. The molecule has 0 aromatic carbocycles. The highest BCUT2D eigenvalue weighted by molar-refractivity contribution is 5.76. The smallest absolute Gasteiger partial charge is 0.222 e. The molecule has 3 nitrogen and oxygen atoms in total. The van der Waals surface area contributed by atoms with Crippen molar-refractivity contribution in [1.82, 2.24) is 10.2 Å². The predicted molar refractivity (Wildman–Crippen MR) is 81.1 cm³/mol. The van der Waals surface area contributed by atoms with Gasteiger partial charge in [0.15, 0.2) is 0 Å². The molecule has 0 spiro atoms. The van der Waals surface area contributed by atoms with Crippen molar-refractivity contribution in [3.05, 3.63) is 0 Å². The molecule has 2 unspecified atom stereocenters. The quantitative estimate of drug-likeness (QED) is 0.803. The molecule has 1 fully saturated rings. The van der Waals surface area contributed by atoms with E-state index in [-0.39, 0.29) is 0 Å². The highest BCUT2D eigenvalue weighted by atomic mass is 16.2. The summed E-state index contributed by atoms with van der Waals surface area (Å²) < 4.78 is 0. The van der Waals surface area contributed by atoms with E-state index in [2.05, 4.69) is 44.8 Å². The second-order valence-corrected chi connectivity index (χ2v) is 6.79. The van der Waals surface area contributed by atoms with Crippen molar-refractivity contribution >= 4 is 5.91 Å². The van der Waals surface area contributed by atoms with Gasteiger partial charge in [-0.25, -0.2) is 0 Å². The number of piperidine rings is 1. The number of nitrogens with one attached hydrogen (secondary N) is 1. The van der Waals surface area contributed by atoms with Crippen LogP contribution in [-0.4, -0.2) is 36.5 Å². The Labute approximate surface area is 119 Å². The lowest BCUT2D eigenvalue weighted by atomic mass is 9.85. The van der Waals surface area contributed by atoms with Crippen LogP contribution in [0.1, 0.15) is 53.9 Å². The van der Waals surface area contributed by atoms with Gasteiger partial charge < -0.3 is 10.2 Å². The minimum absolute atomic E-state index is 0.337. The van der Waals surface area contributed by atoms with Crippen molar-refractivity contribution in [3.8, 4) is 0 Å². The van der Waals surface area contributed by atoms with E-state index >= 15 is 0 Å². The van der Waals surface area contributed by atoms with Gasteiger partial charge in [-0.15, -0.1) is 0 Å². The number of hydrogen-bond donors (Lipinski definition) is 1. The zero-order valence-corrected chi connectivity index (χ0v) is 13.4. The predicted octanol–water partition coefficient (Wildman–Crippen LogP) is 2.91. The first-order valence-corrected chi connectivity index (χ1v) is 7.95. The van der Waals surface area contributed by atoms with Crippen LogP contribution in [0.5, 0.6) is 0 Å². The first-order valence-electron chi connectivity index (χ1n) is 7.95. The van der Waals surface area contributed by atoms with E-state index in [0.717, 1.165) is 26.1 Å². The Morgan fingerprint density at radius 1 is 1.26 bits per heavy atom. The summed E-state index contributed by atoms with van der Waals surface area (Å²) in [6, 6.07) is 0.476. The van der Waals surface area contributed by atoms with Crippen LogP contribution in [-0.2, 0) is 4.79 Å². The number of rotatable bonds is 6. The maximum absolute atomic E-state index is 12.1. The summed E-state index contributed by atoms with van der Waals surface area (Å²) in [5.74, 6) is 2.29. The average molecular weight is 268 g/mol. The molecule has 19 heavy (non-hydrogen) atoms. The highest BCUT2D eigenvalue weighted by Gasteiger charge is 2.30. The van der Waals surface area contributed by atoms with Gasteiger partial charge >= 0.3 is 0 Å². The minimum Gasteiger partial charge on any atom is -0.341 e. The third-order valence-corrected chi connectivity index (χ3v) is 4.06. The van der Waals surface area contributed by atoms with Crippen LogP contribution in [0.3, 0.4) is 0 Å². The van der Waals surface area contributed by atoms with Crippen LogP contribution in [0.25, 0.3) is 0 Å². The van der Waals surface area contributed by atoms with Gasteiger partial charge in [0.2, 0.25) is 5.91 Å². The largest absolute Gasteiger partial charge is 0.341 e. The maximum Gasteiger partial charge on any atom is 0.222 e. The molecule has 1 N–H and O–H groups in total. The summed E-state index contributed by atoms with van der Waals surface area (Å²) in [6.07, 6.45) is 2.85. The molecule has 1 heterocycles. The third-order valence-electron chi connectivity index (χ3n) is 4.06. The Morgan fingerprint density at radius 2 is 1.95 bits per heavy atom. The van der Waals surface area contributed by atoms with Gasteiger partial charge in [0.05, 0.1) is 0 Å². The molecule has 0 radical (unpaired) electrons. The molecule has 1 aliphatic rings. The number of carbonyl (C=O) groups is 1. The number of amides is 1. The molecule has 0 aliphatic carbocycles. The summed E-state index contributed by atoms with van der Waals surface area (Å²) in [6.45, 7) is 14.0. The standard InChI is InChI=1S/C16H32N2O/c1-6-7-16(19)18-10-14(13(4)5)8-15(11-18)17-9-12(2)3/h12-15,17H,6-11H2,1-5H3. The van der Waals surface area contributed by atoms with Gasteiger partial charge in [-0.1, -0.05) is 34.6 Å². The Balaban J connectivity index is 2.59. The molecule has 0 aromatic heterocycles. The number of hydrogen-bond acceptors (Lipinski definition) is 2. The third kappa shape index (κ3) is 5.52. The zero-order chi connectivity index (χ0) is 14.4. The van der Waals surface area contributed by atoms with Crippen molar-refractivity contribution in [2.75, 3.05) is 19.6 Å². The van der Waals surface area contributed by atoms with Gasteiger partial charge in [0.25, 0.3) is 0 Å². The SMILES string of the molecule is CCCC(=O)N1CC(NCC(C)C)CC(C(C)C)C1. The van der Waals surface area contributed by atoms with Crippen molar-refractivity contribution in [2.24, 2.45) is 17.8 Å². The van der Waals surface area contributed by atoms with Gasteiger partial charge in [0.1, 0.15) is 0 Å². The fourth-order valence-electron chi connectivity index (χ4n) is 2.75. The molecular formula is C16H32N2O. The second-order valence-electron chi connectivity index (χ2n) is 6.79. The van der Waals surface area contributed by atoms with E-state index in [4.69, 9.17) is 0 Å². The topological polar surface area (TPSA) is 32.3 Å². The molecule has 0 bridgehead atoms. The fourth-order valence-corrected chi connectivity index (χ4v) is 2.75. The monoisotopic (exact) mass is 268 g/mol. The van der Waals surface area contributed by atoms with E-state index < -0.39 is 0 Å². The van der Waals surface area contributed by atoms with Crippen molar-refractivity contribution < 1.29 is 4.79 Å². The first kappa shape index (κ1) is 16.5. The van der Waals surface area contributed by atoms with Crippen LogP contribution in [0, 0.1) is 17.8 Å². The van der Waals surface area contributed by atoms with Crippen molar-refractivity contribution in [1.29, 1.82) is 0 Å². The lowest BCUT2D eigenvalue weighted by molar-refractivity contribution is -0.134. The van der Waals surface area contributed by atoms with Crippen LogP contribution < -0.4 is 5.32 Å². The number of likely N-dealkylation sites (tertiary alicyclic amines) is 1. The average Bonchev–Trinajstić information content (AvgIpc) is 2.36. The Bertz CT molecular complexity index is 276. The summed E-state index contributed by atoms with van der Waals surface area (Å²) in [5, 5.41) is 3.64. The molecule has 1 rings (SSSR count). The van der Waals surface area contributed by atoms with Gasteiger partial charge in [0, 0.05) is 25.6 Å². The number of carbonyl (C=O) groups excluding carboxylic acids is 1. The summed E-state index contributed by atoms with van der Waals surface area (Å²) in [4.78, 5) is 14.2. The first-order chi connectivity index (χ1) is 8.93. The van der Waals surface area contributed by atoms with E-state index in [1.54, 1.807) is 0 Å². The summed E-state index contributed by atoms with van der Waals surface area (Å²) in [5.41, 5.74) is 0. The van der Waals surface area contributed by atoms with Crippen molar-refractivity contribution in [2.45, 2.75) is 59.9 Å². The molecule has 3 heteroatoms. The molecular weight excluding hydrogens is 236 g/mol.